The van der Waals surface area contributed by atoms with Gasteiger partial charge in [-0.15, -0.1) is 12.4 Å². The van der Waals surface area contributed by atoms with E-state index in [2.05, 4.69) is 51.8 Å². The van der Waals surface area contributed by atoms with Crippen molar-refractivity contribution in [1.82, 2.24) is 15.3 Å². The number of H-pyrrole nitrogens is 2. The van der Waals surface area contributed by atoms with Gasteiger partial charge in [-0.05, 0) is 17.7 Å². The van der Waals surface area contributed by atoms with E-state index in [9.17, 15) is 0 Å². The molecule has 2 aromatic heterocycles. The SMILES string of the molecule is Cl.c1ccc2c(-c3cc4c([nH]3)CCNC4)c[nH]c2c1. The van der Waals surface area contributed by atoms with E-state index in [1.807, 2.05) is 0 Å². The minimum atomic E-state index is 0. The third-order valence-electron chi connectivity index (χ3n) is 3.74. The molecular formula is C15H16ClN3. The van der Waals surface area contributed by atoms with Gasteiger partial charge in [-0.1, -0.05) is 18.2 Å². The molecule has 0 saturated carbocycles. The lowest BCUT2D eigenvalue weighted by Gasteiger charge is -2.11. The van der Waals surface area contributed by atoms with Crippen LogP contribution < -0.4 is 5.32 Å². The molecule has 0 radical (unpaired) electrons. The maximum absolute atomic E-state index is 3.57. The lowest BCUT2D eigenvalue weighted by molar-refractivity contribution is 0.638. The molecular weight excluding hydrogens is 258 g/mol. The normalized spacial score (nSPS) is 14.1. The summed E-state index contributed by atoms with van der Waals surface area (Å²) in [5.74, 6) is 0. The lowest BCUT2D eigenvalue weighted by atomic mass is 10.1. The minimum absolute atomic E-state index is 0. The van der Waals surface area contributed by atoms with Crippen LogP contribution in [0.1, 0.15) is 11.3 Å². The van der Waals surface area contributed by atoms with Crippen molar-refractivity contribution in [3.63, 3.8) is 0 Å². The molecule has 4 heteroatoms. The summed E-state index contributed by atoms with van der Waals surface area (Å²) >= 11 is 0. The van der Waals surface area contributed by atoms with Gasteiger partial charge in [0.25, 0.3) is 0 Å². The largest absolute Gasteiger partial charge is 0.360 e. The van der Waals surface area contributed by atoms with Gasteiger partial charge in [-0.2, -0.15) is 0 Å². The predicted octanol–water partition coefficient (Wildman–Crippen LogP) is 3.23. The highest BCUT2D eigenvalue weighted by Crippen LogP contribution is 2.30. The molecule has 3 N–H and O–H groups in total. The highest BCUT2D eigenvalue weighted by atomic mass is 35.5. The van der Waals surface area contributed by atoms with Crippen LogP contribution in [0.4, 0.5) is 0 Å². The summed E-state index contributed by atoms with van der Waals surface area (Å²) in [6.45, 7) is 2.05. The summed E-state index contributed by atoms with van der Waals surface area (Å²) < 4.78 is 0. The molecule has 0 unspecified atom stereocenters. The number of aromatic nitrogens is 2. The van der Waals surface area contributed by atoms with E-state index in [0.717, 1.165) is 19.5 Å². The van der Waals surface area contributed by atoms with Gasteiger partial charge < -0.3 is 15.3 Å². The van der Waals surface area contributed by atoms with E-state index >= 15 is 0 Å². The molecule has 0 fully saturated rings. The van der Waals surface area contributed by atoms with Crippen molar-refractivity contribution in [2.75, 3.05) is 6.54 Å². The molecule has 1 aliphatic heterocycles. The van der Waals surface area contributed by atoms with Gasteiger partial charge in [0.1, 0.15) is 0 Å². The van der Waals surface area contributed by atoms with Gasteiger partial charge in [0.15, 0.2) is 0 Å². The van der Waals surface area contributed by atoms with Gasteiger partial charge in [0.05, 0.1) is 0 Å². The summed E-state index contributed by atoms with van der Waals surface area (Å²) in [7, 11) is 0. The summed E-state index contributed by atoms with van der Waals surface area (Å²) in [5, 5.41) is 4.69. The Morgan fingerprint density at radius 3 is 2.89 bits per heavy atom. The fraction of sp³-hybridized carbons (Fsp3) is 0.200. The van der Waals surface area contributed by atoms with E-state index in [4.69, 9.17) is 0 Å². The smallest absolute Gasteiger partial charge is 0.0481 e. The average Bonchev–Trinajstić information content (AvgIpc) is 3.02. The second kappa shape index (κ2) is 4.76. The first kappa shape index (κ1) is 12.3. The van der Waals surface area contributed by atoms with E-state index in [1.165, 1.54) is 33.4 Å². The lowest BCUT2D eigenvalue weighted by Crippen LogP contribution is -2.22. The summed E-state index contributed by atoms with van der Waals surface area (Å²) in [4.78, 5) is 6.90. The number of benzene rings is 1. The van der Waals surface area contributed by atoms with Crippen molar-refractivity contribution < 1.29 is 0 Å². The topological polar surface area (TPSA) is 43.6 Å². The molecule has 0 amide bonds. The van der Waals surface area contributed by atoms with Crippen LogP contribution >= 0.6 is 12.4 Å². The maximum atomic E-state index is 3.57. The third kappa shape index (κ3) is 1.95. The molecule has 4 rings (SSSR count). The van der Waals surface area contributed by atoms with Gasteiger partial charge in [0, 0.05) is 53.6 Å². The second-order valence-electron chi connectivity index (χ2n) is 4.86. The molecule has 3 nitrogen and oxygen atoms in total. The fourth-order valence-corrected chi connectivity index (χ4v) is 2.80. The first-order chi connectivity index (χ1) is 8.92. The molecule has 1 aliphatic rings. The number of para-hydroxylation sites is 1. The molecule has 1 aromatic carbocycles. The molecule has 0 saturated heterocycles. The number of nitrogens with one attached hydrogen (secondary N) is 3. The molecule has 0 spiro atoms. The number of fused-ring (bicyclic) bond motifs is 2. The Morgan fingerprint density at radius 1 is 1.11 bits per heavy atom. The summed E-state index contributed by atoms with van der Waals surface area (Å²) in [5.41, 5.74) is 6.47. The van der Waals surface area contributed by atoms with Crippen LogP contribution in [0.3, 0.4) is 0 Å². The van der Waals surface area contributed by atoms with Crippen molar-refractivity contribution in [1.29, 1.82) is 0 Å². The zero-order valence-corrected chi connectivity index (χ0v) is 11.3. The zero-order valence-electron chi connectivity index (χ0n) is 10.5. The van der Waals surface area contributed by atoms with Crippen LogP contribution in [0.15, 0.2) is 36.5 Å². The Labute approximate surface area is 117 Å². The Bertz CT molecular complexity index is 688. The van der Waals surface area contributed by atoms with Gasteiger partial charge in [-0.3, -0.25) is 0 Å². The molecule has 0 bridgehead atoms. The Hall–Kier alpha value is -1.71. The van der Waals surface area contributed by atoms with Crippen molar-refractivity contribution >= 4 is 23.3 Å². The first-order valence-electron chi connectivity index (χ1n) is 6.40. The van der Waals surface area contributed by atoms with E-state index < -0.39 is 0 Å². The zero-order chi connectivity index (χ0) is 11.9. The summed E-state index contributed by atoms with van der Waals surface area (Å²) in [6.07, 6.45) is 3.19. The van der Waals surface area contributed by atoms with Crippen molar-refractivity contribution in [3.8, 4) is 11.3 Å². The maximum Gasteiger partial charge on any atom is 0.0481 e. The van der Waals surface area contributed by atoms with Crippen molar-refractivity contribution in [3.05, 3.63) is 47.8 Å². The quantitative estimate of drug-likeness (QED) is 0.626. The van der Waals surface area contributed by atoms with Crippen LogP contribution in [0, 0.1) is 0 Å². The minimum Gasteiger partial charge on any atom is -0.360 e. The number of hydrogen-bond acceptors (Lipinski definition) is 1. The van der Waals surface area contributed by atoms with E-state index in [0.29, 0.717) is 0 Å². The van der Waals surface area contributed by atoms with Crippen molar-refractivity contribution in [2.45, 2.75) is 13.0 Å². The van der Waals surface area contributed by atoms with Gasteiger partial charge in [0.2, 0.25) is 0 Å². The van der Waals surface area contributed by atoms with Crippen LogP contribution in [0.5, 0.6) is 0 Å². The second-order valence-corrected chi connectivity index (χ2v) is 4.86. The molecule has 3 aromatic rings. The van der Waals surface area contributed by atoms with E-state index in [-0.39, 0.29) is 12.4 Å². The van der Waals surface area contributed by atoms with Gasteiger partial charge >= 0.3 is 0 Å². The number of aromatic amines is 2. The first-order valence-corrected chi connectivity index (χ1v) is 6.40. The fourth-order valence-electron chi connectivity index (χ4n) is 2.80. The highest BCUT2D eigenvalue weighted by molar-refractivity contribution is 5.94. The van der Waals surface area contributed by atoms with Crippen LogP contribution in [-0.2, 0) is 13.0 Å². The molecule has 98 valence electrons. The van der Waals surface area contributed by atoms with E-state index in [1.54, 1.807) is 0 Å². The molecule has 0 atom stereocenters. The van der Waals surface area contributed by atoms with Crippen molar-refractivity contribution in [2.24, 2.45) is 0 Å². The number of hydrogen-bond donors (Lipinski definition) is 3. The standard InChI is InChI=1S/C15H15N3.ClH/c1-2-4-14-11(3-1)12(9-17-14)15-7-10-8-16-6-5-13(10)18-15;/h1-4,7,9,16-18H,5-6,8H2;1H. The predicted molar refractivity (Wildman–Crippen MR) is 80.7 cm³/mol. The highest BCUT2D eigenvalue weighted by Gasteiger charge is 2.14. The molecule has 0 aliphatic carbocycles. The Balaban J connectivity index is 0.00000110. The molecule has 3 heterocycles. The Kier molecular flexibility index (Phi) is 3.09. The van der Waals surface area contributed by atoms with Crippen LogP contribution in [0.2, 0.25) is 0 Å². The Morgan fingerprint density at radius 2 is 2.00 bits per heavy atom. The number of halogens is 1. The monoisotopic (exact) mass is 273 g/mol. The number of rotatable bonds is 1. The average molecular weight is 274 g/mol. The van der Waals surface area contributed by atoms with Gasteiger partial charge in [-0.25, -0.2) is 0 Å². The third-order valence-corrected chi connectivity index (χ3v) is 3.74. The summed E-state index contributed by atoms with van der Waals surface area (Å²) in [6, 6.07) is 10.7. The van der Waals surface area contributed by atoms with Crippen LogP contribution in [0.25, 0.3) is 22.2 Å². The molecule has 19 heavy (non-hydrogen) atoms. The van der Waals surface area contributed by atoms with Crippen LogP contribution in [-0.4, -0.2) is 16.5 Å².